The molecular formula is C21H18N6O2. The molecule has 3 heterocycles. The average Bonchev–Trinajstić information content (AvgIpc) is 3.40. The molecule has 2 aromatic heterocycles. The standard InChI is InChI=1S/C21H18N6O2/c1-2-29-20(28)17-18(13-8-4-3-5-9-13)23-21-24-25-26-27(21)19(17)15-12-22-16-11-7-6-10-14(15)16/h3-12,19,22H,2H2,1H3,(H,23,24,26). The second-order valence-electron chi connectivity index (χ2n) is 6.64. The Morgan fingerprint density at radius 3 is 2.76 bits per heavy atom. The van der Waals surface area contributed by atoms with Crippen LogP contribution in [0.15, 0.2) is 66.4 Å². The summed E-state index contributed by atoms with van der Waals surface area (Å²) in [7, 11) is 0. The molecule has 2 aromatic carbocycles. The Bertz CT molecular complexity index is 1220. The predicted molar refractivity (Wildman–Crippen MR) is 108 cm³/mol. The third-order valence-corrected chi connectivity index (χ3v) is 4.99. The number of benzene rings is 2. The van der Waals surface area contributed by atoms with Gasteiger partial charge in [-0.1, -0.05) is 53.6 Å². The number of anilines is 1. The number of carbonyl (C=O) groups excluding carboxylic acids is 1. The lowest BCUT2D eigenvalue weighted by Gasteiger charge is -2.28. The van der Waals surface area contributed by atoms with Gasteiger partial charge in [0.1, 0.15) is 6.04 Å². The summed E-state index contributed by atoms with van der Waals surface area (Å²) in [5, 5.41) is 16.3. The Kier molecular flexibility index (Phi) is 4.09. The maximum absolute atomic E-state index is 13.1. The quantitative estimate of drug-likeness (QED) is 0.523. The minimum atomic E-state index is -0.536. The molecule has 0 saturated carbocycles. The topological polar surface area (TPSA) is 97.7 Å². The van der Waals surface area contributed by atoms with E-state index in [1.165, 1.54) is 0 Å². The van der Waals surface area contributed by atoms with Gasteiger partial charge < -0.3 is 15.0 Å². The van der Waals surface area contributed by atoms with Gasteiger partial charge in [0.05, 0.1) is 17.9 Å². The van der Waals surface area contributed by atoms with Crippen molar-refractivity contribution in [3.05, 3.63) is 77.5 Å². The number of tetrazole rings is 1. The minimum absolute atomic E-state index is 0.271. The zero-order valence-electron chi connectivity index (χ0n) is 15.7. The van der Waals surface area contributed by atoms with E-state index < -0.39 is 12.0 Å². The van der Waals surface area contributed by atoms with Crippen molar-refractivity contribution in [1.29, 1.82) is 0 Å². The summed E-state index contributed by atoms with van der Waals surface area (Å²) in [5.74, 6) is 0.0578. The number of aromatic amines is 1. The molecule has 1 unspecified atom stereocenters. The fourth-order valence-electron chi connectivity index (χ4n) is 3.75. The van der Waals surface area contributed by atoms with E-state index in [0.717, 1.165) is 22.0 Å². The molecule has 29 heavy (non-hydrogen) atoms. The molecule has 0 aliphatic carbocycles. The van der Waals surface area contributed by atoms with E-state index >= 15 is 0 Å². The van der Waals surface area contributed by atoms with Crippen molar-refractivity contribution >= 4 is 28.5 Å². The lowest BCUT2D eigenvalue weighted by atomic mass is 9.92. The maximum atomic E-state index is 13.1. The summed E-state index contributed by atoms with van der Waals surface area (Å²) in [6.07, 6.45) is 1.90. The van der Waals surface area contributed by atoms with Crippen molar-refractivity contribution in [2.75, 3.05) is 11.9 Å². The Morgan fingerprint density at radius 2 is 1.93 bits per heavy atom. The molecule has 1 aliphatic heterocycles. The van der Waals surface area contributed by atoms with E-state index in [-0.39, 0.29) is 6.61 Å². The van der Waals surface area contributed by atoms with Gasteiger partial charge in [-0.2, -0.15) is 4.68 Å². The van der Waals surface area contributed by atoms with Crippen LogP contribution >= 0.6 is 0 Å². The van der Waals surface area contributed by atoms with Crippen LogP contribution in [0.5, 0.6) is 0 Å². The third kappa shape index (κ3) is 2.77. The highest BCUT2D eigenvalue weighted by Gasteiger charge is 2.37. The first-order valence-electron chi connectivity index (χ1n) is 9.35. The number of carbonyl (C=O) groups is 1. The van der Waals surface area contributed by atoms with Crippen LogP contribution in [0.25, 0.3) is 16.6 Å². The molecule has 0 bridgehead atoms. The van der Waals surface area contributed by atoms with E-state index in [1.807, 2.05) is 60.8 Å². The lowest BCUT2D eigenvalue weighted by Crippen LogP contribution is -2.29. The summed E-state index contributed by atoms with van der Waals surface area (Å²) in [5.41, 5.74) is 3.83. The highest BCUT2D eigenvalue weighted by Crippen LogP contribution is 2.40. The number of aromatic nitrogens is 5. The van der Waals surface area contributed by atoms with Crippen LogP contribution in [0.4, 0.5) is 5.95 Å². The van der Waals surface area contributed by atoms with Crippen LogP contribution in [0, 0.1) is 0 Å². The summed E-state index contributed by atoms with van der Waals surface area (Å²) in [6.45, 7) is 2.06. The Hall–Kier alpha value is -3.94. The monoisotopic (exact) mass is 386 g/mol. The van der Waals surface area contributed by atoms with Gasteiger partial charge in [0.25, 0.3) is 0 Å². The highest BCUT2D eigenvalue weighted by atomic mass is 16.5. The Morgan fingerprint density at radius 1 is 1.14 bits per heavy atom. The Labute approximate surface area is 166 Å². The predicted octanol–water partition coefficient (Wildman–Crippen LogP) is 3.14. The molecule has 8 heteroatoms. The fourth-order valence-corrected chi connectivity index (χ4v) is 3.75. The molecule has 1 aliphatic rings. The van der Waals surface area contributed by atoms with E-state index in [2.05, 4.69) is 25.8 Å². The molecule has 5 rings (SSSR count). The zero-order valence-corrected chi connectivity index (χ0v) is 15.7. The molecule has 0 saturated heterocycles. The number of esters is 1. The normalized spacial score (nSPS) is 15.8. The summed E-state index contributed by atoms with van der Waals surface area (Å²) >= 11 is 0. The van der Waals surface area contributed by atoms with Gasteiger partial charge in [-0.15, -0.1) is 0 Å². The van der Waals surface area contributed by atoms with Crippen molar-refractivity contribution in [3.8, 4) is 0 Å². The van der Waals surface area contributed by atoms with Crippen molar-refractivity contribution in [2.24, 2.45) is 0 Å². The van der Waals surface area contributed by atoms with Crippen molar-refractivity contribution in [1.82, 2.24) is 25.2 Å². The number of H-pyrrole nitrogens is 1. The van der Waals surface area contributed by atoms with Crippen LogP contribution in [0.2, 0.25) is 0 Å². The van der Waals surface area contributed by atoms with E-state index in [0.29, 0.717) is 17.2 Å². The van der Waals surface area contributed by atoms with Gasteiger partial charge in [0.2, 0.25) is 5.95 Å². The first-order chi connectivity index (χ1) is 14.3. The average molecular weight is 386 g/mol. The zero-order chi connectivity index (χ0) is 19.8. The number of hydrogen-bond donors (Lipinski definition) is 2. The van der Waals surface area contributed by atoms with E-state index in [9.17, 15) is 4.79 Å². The molecule has 2 N–H and O–H groups in total. The number of rotatable bonds is 4. The van der Waals surface area contributed by atoms with Crippen LogP contribution < -0.4 is 5.32 Å². The van der Waals surface area contributed by atoms with Gasteiger partial charge in [0.15, 0.2) is 0 Å². The Balaban J connectivity index is 1.80. The third-order valence-electron chi connectivity index (χ3n) is 4.99. The van der Waals surface area contributed by atoms with Crippen molar-refractivity contribution in [3.63, 3.8) is 0 Å². The second-order valence-corrected chi connectivity index (χ2v) is 6.64. The molecule has 0 fully saturated rings. The summed E-state index contributed by atoms with van der Waals surface area (Å²) < 4.78 is 7.06. The molecule has 4 aromatic rings. The number of para-hydroxylation sites is 1. The summed E-state index contributed by atoms with van der Waals surface area (Å²) in [4.78, 5) is 16.4. The number of hydrogen-bond acceptors (Lipinski definition) is 6. The van der Waals surface area contributed by atoms with Crippen molar-refractivity contribution < 1.29 is 9.53 Å². The van der Waals surface area contributed by atoms with E-state index in [4.69, 9.17) is 4.74 Å². The van der Waals surface area contributed by atoms with Crippen LogP contribution in [-0.2, 0) is 9.53 Å². The molecule has 0 amide bonds. The van der Waals surface area contributed by atoms with Crippen LogP contribution in [0.1, 0.15) is 24.1 Å². The van der Waals surface area contributed by atoms with Gasteiger partial charge in [0, 0.05) is 22.7 Å². The molecule has 144 valence electrons. The largest absolute Gasteiger partial charge is 0.463 e. The molecule has 0 radical (unpaired) electrons. The van der Waals surface area contributed by atoms with Gasteiger partial charge in [-0.25, -0.2) is 4.79 Å². The number of ether oxygens (including phenoxy) is 1. The maximum Gasteiger partial charge on any atom is 0.338 e. The smallest absolute Gasteiger partial charge is 0.338 e. The molecule has 1 atom stereocenters. The lowest BCUT2D eigenvalue weighted by molar-refractivity contribution is -0.138. The second kappa shape index (κ2) is 6.90. The number of fused-ring (bicyclic) bond motifs is 2. The van der Waals surface area contributed by atoms with Gasteiger partial charge in [-0.05, 0) is 29.0 Å². The molecule has 0 spiro atoms. The first-order valence-corrected chi connectivity index (χ1v) is 9.35. The van der Waals surface area contributed by atoms with E-state index in [1.54, 1.807) is 11.6 Å². The van der Waals surface area contributed by atoms with Gasteiger partial charge in [-0.3, -0.25) is 0 Å². The SMILES string of the molecule is CCOC(=O)C1=C(c2ccccc2)Nc2nnnn2C1c1c[nH]c2ccccc12. The van der Waals surface area contributed by atoms with Crippen molar-refractivity contribution in [2.45, 2.75) is 13.0 Å². The number of nitrogens with one attached hydrogen (secondary N) is 2. The number of nitrogens with zero attached hydrogens (tertiary/aromatic N) is 4. The first kappa shape index (κ1) is 17.2. The summed E-state index contributed by atoms with van der Waals surface area (Å²) in [6, 6.07) is 17.0. The van der Waals surface area contributed by atoms with Gasteiger partial charge >= 0.3 is 5.97 Å². The fraction of sp³-hybridized carbons (Fsp3) is 0.143. The minimum Gasteiger partial charge on any atom is -0.463 e. The van der Waals surface area contributed by atoms with Crippen LogP contribution in [0.3, 0.4) is 0 Å². The highest BCUT2D eigenvalue weighted by molar-refractivity contribution is 6.03. The van der Waals surface area contributed by atoms with Crippen LogP contribution in [-0.4, -0.2) is 37.8 Å². The molecular weight excluding hydrogens is 368 g/mol. The molecule has 8 nitrogen and oxygen atoms in total.